The SMILES string of the molecule is CNCc1nc(C)ccc1OCC(=O)NC(C)C. The number of carbonyl (C=O) groups is 1. The van der Waals surface area contributed by atoms with Crippen molar-refractivity contribution in [2.24, 2.45) is 0 Å². The van der Waals surface area contributed by atoms with Crippen molar-refractivity contribution < 1.29 is 9.53 Å². The topological polar surface area (TPSA) is 63.3 Å². The van der Waals surface area contributed by atoms with E-state index < -0.39 is 0 Å². The van der Waals surface area contributed by atoms with Crippen molar-refractivity contribution in [3.05, 3.63) is 23.5 Å². The van der Waals surface area contributed by atoms with Gasteiger partial charge >= 0.3 is 0 Å². The predicted octanol–water partition coefficient (Wildman–Crippen LogP) is 1.01. The third-order valence-corrected chi connectivity index (χ3v) is 2.22. The van der Waals surface area contributed by atoms with Gasteiger partial charge in [-0.1, -0.05) is 0 Å². The Labute approximate surface area is 108 Å². The number of nitrogens with one attached hydrogen (secondary N) is 2. The van der Waals surface area contributed by atoms with Crippen molar-refractivity contribution in [1.29, 1.82) is 0 Å². The van der Waals surface area contributed by atoms with E-state index in [1.165, 1.54) is 0 Å². The van der Waals surface area contributed by atoms with Crippen LogP contribution < -0.4 is 15.4 Å². The van der Waals surface area contributed by atoms with Crippen LogP contribution in [0.2, 0.25) is 0 Å². The molecule has 1 rings (SSSR count). The van der Waals surface area contributed by atoms with Crippen molar-refractivity contribution >= 4 is 5.91 Å². The van der Waals surface area contributed by atoms with Crippen LogP contribution in [-0.4, -0.2) is 30.6 Å². The number of aromatic nitrogens is 1. The number of carbonyl (C=O) groups excluding carboxylic acids is 1. The van der Waals surface area contributed by atoms with E-state index in [9.17, 15) is 4.79 Å². The second-order valence-electron chi connectivity index (χ2n) is 4.44. The molecule has 0 radical (unpaired) electrons. The number of aryl methyl sites for hydroxylation is 1. The van der Waals surface area contributed by atoms with E-state index in [-0.39, 0.29) is 18.6 Å². The van der Waals surface area contributed by atoms with Crippen LogP contribution in [0.5, 0.6) is 5.75 Å². The Kier molecular flexibility index (Phi) is 5.58. The summed E-state index contributed by atoms with van der Waals surface area (Å²) in [5, 5.41) is 5.80. The van der Waals surface area contributed by atoms with Crippen LogP contribution in [-0.2, 0) is 11.3 Å². The molecule has 0 aliphatic heterocycles. The van der Waals surface area contributed by atoms with Crippen molar-refractivity contribution in [2.45, 2.75) is 33.4 Å². The lowest BCUT2D eigenvalue weighted by molar-refractivity contribution is -0.123. The van der Waals surface area contributed by atoms with Gasteiger partial charge in [-0.15, -0.1) is 0 Å². The van der Waals surface area contributed by atoms with Gasteiger partial charge in [0.05, 0.1) is 5.69 Å². The highest BCUT2D eigenvalue weighted by Gasteiger charge is 2.08. The molecule has 100 valence electrons. The predicted molar refractivity (Wildman–Crippen MR) is 70.5 cm³/mol. The molecule has 0 atom stereocenters. The minimum absolute atomic E-state index is 0.0135. The first kappa shape index (κ1) is 14.4. The highest BCUT2D eigenvalue weighted by Crippen LogP contribution is 2.16. The Morgan fingerprint density at radius 2 is 2.17 bits per heavy atom. The first-order valence-electron chi connectivity index (χ1n) is 6.06. The summed E-state index contributed by atoms with van der Waals surface area (Å²) in [6.07, 6.45) is 0. The van der Waals surface area contributed by atoms with E-state index in [0.29, 0.717) is 12.3 Å². The molecule has 1 aromatic heterocycles. The third kappa shape index (κ3) is 4.71. The summed E-state index contributed by atoms with van der Waals surface area (Å²) in [6.45, 7) is 6.38. The Balaban J connectivity index is 2.63. The smallest absolute Gasteiger partial charge is 0.258 e. The standard InChI is InChI=1S/C13H21N3O2/c1-9(2)15-13(17)8-18-12-6-5-10(3)16-11(12)7-14-4/h5-6,9,14H,7-8H2,1-4H3,(H,15,17). The van der Waals surface area contributed by atoms with Gasteiger partial charge in [-0.25, -0.2) is 0 Å². The van der Waals surface area contributed by atoms with Gasteiger partial charge in [-0.3, -0.25) is 9.78 Å². The molecule has 0 aliphatic rings. The summed E-state index contributed by atoms with van der Waals surface area (Å²) in [5.74, 6) is 0.523. The molecule has 2 N–H and O–H groups in total. The summed E-state index contributed by atoms with van der Waals surface area (Å²) in [6, 6.07) is 3.83. The fraction of sp³-hybridized carbons (Fsp3) is 0.538. The van der Waals surface area contributed by atoms with Gasteiger partial charge in [0, 0.05) is 18.3 Å². The summed E-state index contributed by atoms with van der Waals surface area (Å²) >= 11 is 0. The van der Waals surface area contributed by atoms with E-state index in [0.717, 1.165) is 11.4 Å². The van der Waals surface area contributed by atoms with Gasteiger partial charge in [0.15, 0.2) is 6.61 Å². The number of ether oxygens (including phenoxy) is 1. The van der Waals surface area contributed by atoms with Crippen LogP contribution in [0.4, 0.5) is 0 Å². The molecule has 5 nitrogen and oxygen atoms in total. The molecule has 0 spiro atoms. The van der Waals surface area contributed by atoms with Gasteiger partial charge in [0.25, 0.3) is 5.91 Å². The molecule has 0 saturated heterocycles. The fourth-order valence-electron chi connectivity index (χ4n) is 1.53. The summed E-state index contributed by atoms with van der Waals surface area (Å²) < 4.78 is 5.49. The van der Waals surface area contributed by atoms with Gasteiger partial charge in [-0.05, 0) is 40.0 Å². The van der Waals surface area contributed by atoms with Crippen molar-refractivity contribution in [3.63, 3.8) is 0 Å². The maximum absolute atomic E-state index is 11.5. The zero-order valence-electron chi connectivity index (χ0n) is 11.4. The van der Waals surface area contributed by atoms with Gasteiger partial charge in [0.2, 0.25) is 0 Å². The fourth-order valence-corrected chi connectivity index (χ4v) is 1.53. The Bertz CT molecular complexity index is 405. The quantitative estimate of drug-likeness (QED) is 0.792. The van der Waals surface area contributed by atoms with E-state index in [1.807, 2.05) is 40.0 Å². The van der Waals surface area contributed by atoms with Crippen LogP contribution >= 0.6 is 0 Å². The Hall–Kier alpha value is -1.62. The molecule has 1 aromatic rings. The lowest BCUT2D eigenvalue weighted by Crippen LogP contribution is -2.34. The Morgan fingerprint density at radius 1 is 1.44 bits per heavy atom. The van der Waals surface area contributed by atoms with Crippen LogP contribution in [0.3, 0.4) is 0 Å². The number of pyridine rings is 1. The number of amides is 1. The second kappa shape index (κ2) is 6.96. The molecule has 0 fully saturated rings. The van der Waals surface area contributed by atoms with Crippen molar-refractivity contribution in [3.8, 4) is 5.75 Å². The summed E-state index contributed by atoms with van der Waals surface area (Å²) in [5.41, 5.74) is 1.74. The van der Waals surface area contributed by atoms with Crippen molar-refractivity contribution in [2.75, 3.05) is 13.7 Å². The average Bonchev–Trinajstić information content (AvgIpc) is 2.27. The maximum Gasteiger partial charge on any atom is 0.258 e. The van der Waals surface area contributed by atoms with Gasteiger partial charge in [0.1, 0.15) is 5.75 Å². The molecule has 0 bridgehead atoms. The number of hydrogen-bond acceptors (Lipinski definition) is 4. The molecular formula is C13H21N3O2. The van der Waals surface area contributed by atoms with Gasteiger partial charge < -0.3 is 15.4 Å². The lowest BCUT2D eigenvalue weighted by atomic mass is 10.3. The first-order chi connectivity index (χ1) is 8.52. The first-order valence-corrected chi connectivity index (χ1v) is 6.06. The molecule has 5 heteroatoms. The molecule has 0 saturated carbocycles. The second-order valence-corrected chi connectivity index (χ2v) is 4.44. The minimum atomic E-state index is -0.124. The van der Waals surface area contributed by atoms with Crippen LogP contribution in [0.25, 0.3) is 0 Å². The average molecular weight is 251 g/mol. The minimum Gasteiger partial charge on any atom is -0.482 e. The molecule has 0 unspecified atom stereocenters. The molecule has 1 amide bonds. The molecule has 1 heterocycles. The zero-order chi connectivity index (χ0) is 13.5. The third-order valence-electron chi connectivity index (χ3n) is 2.22. The van der Waals surface area contributed by atoms with E-state index >= 15 is 0 Å². The van der Waals surface area contributed by atoms with E-state index in [1.54, 1.807) is 0 Å². The van der Waals surface area contributed by atoms with Gasteiger partial charge in [-0.2, -0.15) is 0 Å². The van der Waals surface area contributed by atoms with Crippen LogP contribution in [0.15, 0.2) is 12.1 Å². The number of rotatable bonds is 6. The number of nitrogens with zero attached hydrogens (tertiary/aromatic N) is 1. The highest BCUT2D eigenvalue weighted by molar-refractivity contribution is 5.77. The normalized spacial score (nSPS) is 10.5. The van der Waals surface area contributed by atoms with Crippen LogP contribution in [0.1, 0.15) is 25.2 Å². The zero-order valence-corrected chi connectivity index (χ0v) is 11.4. The highest BCUT2D eigenvalue weighted by atomic mass is 16.5. The van der Waals surface area contributed by atoms with Crippen LogP contribution in [0, 0.1) is 6.92 Å². The molecular weight excluding hydrogens is 230 g/mol. The lowest BCUT2D eigenvalue weighted by Gasteiger charge is -2.12. The maximum atomic E-state index is 11.5. The molecule has 0 aromatic carbocycles. The largest absolute Gasteiger partial charge is 0.482 e. The van der Waals surface area contributed by atoms with E-state index in [2.05, 4.69) is 15.6 Å². The monoisotopic (exact) mass is 251 g/mol. The number of hydrogen-bond donors (Lipinski definition) is 2. The molecule has 18 heavy (non-hydrogen) atoms. The van der Waals surface area contributed by atoms with E-state index in [4.69, 9.17) is 4.74 Å². The summed E-state index contributed by atoms with van der Waals surface area (Å²) in [7, 11) is 1.85. The summed E-state index contributed by atoms with van der Waals surface area (Å²) in [4.78, 5) is 15.9. The molecule has 0 aliphatic carbocycles. The van der Waals surface area contributed by atoms with Crippen molar-refractivity contribution in [1.82, 2.24) is 15.6 Å². The Morgan fingerprint density at radius 3 is 2.78 bits per heavy atom.